The van der Waals surface area contributed by atoms with Gasteiger partial charge in [-0.3, -0.25) is 9.59 Å². The van der Waals surface area contributed by atoms with Gasteiger partial charge in [0.1, 0.15) is 0 Å². The fourth-order valence-electron chi connectivity index (χ4n) is 2.80. The molecule has 0 aromatic carbocycles. The van der Waals surface area contributed by atoms with Crippen molar-refractivity contribution >= 4 is 18.3 Å². The largest absolute Gasteiger partial charge is 0.359 e. The predicted molar refractivity (Wildman–Crippen MR) is 88.1 cm³/mol. The summed E-state index contributed by atoms with van der Waals surface area (Å²) in [5, 5.41) is 5.52. The molecule has 0 radical (unpaired) electrons. The average Bonchev–Trinajstić information content (AvgIpc) is 2.54. The van der Waals surface area contributed by atoms with Crippen LogP contribution in [0.15, 0.2) is 6.07 Å². The first-order valence-corrected chi connectivity index (χ1v) is 8.12. The molecule has 1 fully saturated rings. The molecule has 7 heteroatoms. The maximum absolute atomic E-state index is 12.1. The molecule has 2 amide bonds. The Balaban J connectivity index is 1.76. The molecule has 1 aromatic rings. The van der Waals surface area contributed by atoms with Gasteiger partial charge in [-0.1, -0.05) is 0 Å². The van der Waals surface area contributed by atoms with E-state index in [1.165, 1.54) is 0 Å². The minimum Gasteiger partial charge on any atom is -0.359 e. The number of nitrogens with zero attached hydrogens (tertiary/aromatic N) is 3. The monoisotopic (exact) mass is 319 g/mol. The second-order valence-electron chi connectivity index (χ2n) is 5.93. The number of carbonyl (C=O) groups is 2. The van der Waals surface area contributed by atoms with Gasteiger partial charge in [0.15, 0.2) is 0 Å². The molecule has 1 aliphatic rings. The Labute approximate surface area is 136 Å². The quantitative estimate of drug-likeness (QED) is 0.566. The summed E-state index contributed by atoms with van der Waals surface area (Å²) in [7, 11) is 0. The number of anilines is 1. The van der Waals surface area contributed by atoms with Gasteiger partial charge in [-0.25, -0.2) is 9.97 Å². The third-order valence-corrected chi connectivity index (χ3v) is 4.00. The molecule has 1 aromatic heterocycles. The van der Waals surface area contributed by atoms with Gasteiger partial charge in [0.2, 0.25) is 18.3 Å². The van der Waals surface area contributed by atoms with Crippen LogP contribution in [0.5, 0.6) is 0 Å². The SMILES string of the molecule is Cc1cc(C)nc(N2CCC(C(=O)NCCCNC=O)CC2)n1. The number of aromatic nitrogens is 2. The van der Waals surface area contributed by atoms with E-state index in [-0.39, 0.29) is 11.8 Å². The summed E-state index contributed by atoms with van der Waals surface area (Å²) in [5.74, 6) is 0.926. The molecular formula is C16H25N5O2. The molecule has 1 aliphatic heterocycles. The Morgan fingerprint density at radius 1 is 1.26 bits per heavy atom. The van der Waals surface area contributed by atoms with Crippen molar-refractivity contribution in [2.24, 2.45) is 5.92 Å². The zero-order valence-corrected chi connectivity index (χ0v) is 13.8. The van der Waals surface area contributed by atoms with E-state index >= 15 is 0 Å². The molecule has 23 heavy (non-hydrogen) atoms. The van der Waals surface area contributed by atoms with Crippen molar-refractivity contribution in [3.05, 3.63) is 17.5 Å². The number of piperidine rings is 1. The van der Waals surface area contributed by atoms with E-state index in [4.69, 9.17) is 0 Å². The van der Waals surface area contributed by atoms with Crippen molar-refractivity contribution in [1.29, 1.82) is 0 Å². The number of hydrogen-bond donors (Lipinski definition) is 2. The topological polar surface area (TPSA) is 87.2 Å². The van der Waals surface area contributed by atoms with Gasteiger partial charge in [-0.15, -0.1) is 0 Å². The van der Waals surface area contributed by atoms with Crippen molar-refractivity contribution in [1.82, 2.24) is 20.6 Å². The van der Waals surface area contributed by atoms with E-state index in [0.29, 0.717) is 19.5 Å². The van der Waals surface area contributed by atoms with Crippen LogP contribution in [0.1, 0.15) is 30.7 Å². The van der Waals surface area contributed by atoms with E-state index in [0.717, 1.165) is 49.7 Å². The second-order valence-corrected chi connectivity index (χ2v) is 5.93. The first-order valence-electron chi connectivity index (χ1n) is 8.12. The zero-order valence-electron chi connectivity index (χ0n) is 13.8. The Morgan fingerprint density at radius 3 is 2.52 bits per heavy atom. The van der Waals surface area contributed by atoms with Crippen molar-refractivity contribution in [2.45, 2.75) is 33.1 Å². The van der Waals surface area contributed by atoms with Crippen LogP contribution in [0.4, 0.5) is 5.95 Å². The predicted octanol–water partition coefficient (Wildman–Crippen LogP) is 0.562. The Kier molecular flexibility index (Phi) is 6.31. The van der Waals surface area contributed by atoms with Gasteiger partial charge < -0.3 is 15.5 Å². The maximum atomic E-state index is 12.1. The molecule has 7 nitrogen and oxygen atoms in total. The highest BCUT2D eigenvalue weighted by Crippen LogP contribution is 2.21. The number of carbonyl (C=O) groups excluding carboxylic acids is 2. The average molecular weight is 319 g/mol. The van der Waals surface area contributed by atoms with Crippen LogP contribution in [-0.4, -0.2) is 48.5 Å². The van der Waals surface area contributed by atoms with E-state index in [1.807, 2.05) is 19.9 Å². The highest BCUT2D eigenvalue weighted by Gasteiger charge is 2.26. The lowest BCUT2D eigenvalue weighted by Gasteiger charge is -2.31. The molecule has 0 unspecified atom stereocenters. The van der Waals surface area contributed by atoms with Crippen LogP contribution in [0.25, 0.3) is 0 Å². The van der Waals surface area contributed by atoms with Gasteiger partial charge >= 0.3 is 0 Å². The summed E-state index contributed by atoms with van der Waals surface area (Å²) < 4.78 is 0. The first kappa shape index (κ1) is 17.2. The Bertz CT molecular complexity index is 521. The molecule has 1 saturated heterocycles. The number of rotatable bonds is 7. The third kappa shape index (κ3) is 5.19. The summed E-state index contributed by atoms with van der Waals surface area (Å²) in [6, 6.07) is 1.96. The minimum atomic E-state index is 0.0520. The van der Waals surface area contributed by atoms with Gasteiger partial charge in [0.05, 0.1) is 0 Å². The number of nitrogens with one attached hydrogen (secondary N) is 2. The van der Waals surface area contributed by atoms with Gasteiger partial charge in [0, 0.05) is 43.5 Å². The molecule has 126 valence electrons. The Morgan fingerprint density at radius 2 is 1.91 bits per heavy atom. The molecule has 2 N–H and O–H groups in total. The number of hydrogen-bond acceptors (Lipinski definition) is 5. The second kappa shape index (κ2) is 8.45. The van der Waals surface area contributed by atoms with Gasteiger partial charge in [0.25, 0.3) is 0 Å². The Hall–Kier alpha value is -2.18. The summed E-state index contributed by atoms with van der Waals surface area (Å²) in [6.07, 6.45) is 3.05. The van der Waals surface area contributed by atoms with Crippen molar-refractivity contribution in [3.8, 4) is 0 Å². The molecule has 0 aliphatic carbocycles. The number of amides is 2. The van der Waals surface area contributed by atoms with Crippen molar-refractivity contribution < 1.29 is 9.59 Å². The number of aryl methyl sites for hydroxylation is 2. The van der Waals surface area contributed by atoms with Crippen LogP contribution >= 0.6 is 0 Å². The van der Waals surface area contributed by atoms with E-state index in [1.54, 1.807) is 0 Å². The van der Waals surface area contributed by atoms with Crippen molar-refractivity contribution in [2.75, 3.05) is 31.1 Å². The van der Waals surface area contributed by atoms with Crippen LogP contribution < -0.4 is 15.5 Å². The minimum absolute atomic E-state index is 0.0520. The van der Waals surface area contributed by atoms with Gasteiger partial charge in [-0.2, -0.15) is 0 Å². The molecule has 0 saturated carbocycles. The lowest BCUT2D eigenvalue weighted by atomic mass is 9.96. The summed E-state index contributed by atoms with van der Waals surface area (Å²) >= 11 is 0. The molecule has 2 heterocycles. The maximum Gasteiger partial charge on any atom is 0.225 e. The standard InChI is InChI=1S/C16H25N5O2/c1-12-10-13(2)20-16(19-12)21-8-4-14(5-9-21)15(23)18-7-3-6-17-11-22/h10-11,14H,3-9H2,1-2H3,(H,17,22)(H,18,23). The fraction of sp³-hybridized carbons (Fsp3) is 0.625. The zero-order chi connectivity index (χ0) is 16.7. The highest BCUT2D eigenvalue weighted by atomic mass is 16.2. The third-order valence-electron chi connectivity index (χ3n) is 4.00. The fourth-order valence-corrected chi connectivity index (χ4v) is 2.80. The van der Waals surface area contributed by atoms with Crippen LogP contribution in [0.2, 0.25) is 0 Å². The summed E-state index contributed by atoms with van der Waals surface area (Å²) in [6.45, 7) is 6.73. The summed E-state index contributed by atoms with van der Waals surface area (Å²) in [4.78, 5) is 33.4. The smallest absolute Gasteiger partial charge is 0.225 e. The molecule has 0 bridgehead atoms. The van der Waals surface area contributed by atoms with Crippen LogP contribution in [0, 0.1) is 19.8 Å². The van der Waals surface area contributed by atoms with E-state index in [9.17, 15) is 9.59 Å². The molecule has 0 spiro atoms. The lowest BCUT2D eigenvalue weighted by Crippen LogP contribution is -2.41. The van der Waals surface area contributed by atoms with E-state index in [2.05, 4.69) is 25.5 Å². The molecule has 0 atom stereocenters. The highest BCUT2D eigenvalue weighted by molar-refractivity contribution is 5.78. The van der Waals surface area contributed by atoms with Crippen molar-refractivity contribution in [3.63, 3.8) is 0 Å². The van der Waals surface area contributed by atoms with Crippen LogP contribution in [0.3, 0.4) is 0 Å². The normalized spacial score (nSPS) is 15.3. The summed E-state index contributed by atoms with van der Waals surface area (Å²) in [5.41, 5.74) is 1.94. The van der Waals surface area contributed by atoms with E-state index < -0.39 is 0 Å². The lowest BCUT2D eigenvalue weighted by molar-refractivity contribution is -0.125. The molecule has 2 rings (SSSR count). The molecular weight excluding hydrogens is 294 g/mol. The first-order chi connectivity index (χ1) is 11.1. The van der Waals surface area contributed by atoms with Gasteiger partial charge in [-0.05, 0) is 39.2 Å². The van der Waals surface area contributed by atoms with Crippen LogP contribution in [-0.2, 0) is 9.59 Å².